The molecule has 2 N–H and O–H groups in total. The molecule has 0 saturated carbocycles. The fraction of sp³-hybridized carbons (Fsp3) is 0.231. The quantitative estimate of drug-likeness (QED) is 0.892. The van der Waals surface area contributed by atoms with Gasteiger partial charge >= 0.3 is 6.18 Å². The average molecular weight is 308 g/mol. The van der Waals surface area contributed by atoms with E-state index in [0.717, 1.165) is 17.0 Å². The van der Waals surface area contributed by atoms with Crippen LogP contribution in [0.4, 0.5) is 13.2 Å². The molecule has 0 bridgehead atoms. The van der Waals surface area contributed by atoms with E-state index in [4.69, 9.17) is 5.73 Å². The predicted molar refractivity (Wildman–Crippen MR) is 73.6 cm³/mol. The maximum absolute atomic E-state index is 12.5. The maximum Gasteiger partial charge on any atom is 0.416 e. The number of thiophene rings is 1. The second-order valence-electron chi connectivity index (χ2n) is 4.02. The topological polar surface area (TPSA) is 26.0 Å². The minimum Gasteiger partial charge on any atom is -0.323 e. The van der Waals surface area contributed by atoms with Crippen LogP contribution in [-0.4, -0.2) is 0 Å². The summed E-state index contributed by atoms with van der Waals surface area (Å²) >= 11 is 1.51. The summed E-state index contributed by atoms with van der Waals surface area (Å²) in [4.78, 5) is 0.979. The van der Waals surface area contributed by atoms with E-state index in [0.29, 0.717) is 12.0 Å². The number of nitrogens with two attached hydrogens (primary N) is 1. The summed E-state index contributed by atoms with van der Waals surface area (Å²) in [6, 6.07) is 8.83. The van der Waals surface area contributed by atoms with Crippen molar-refractivity contribution in [2.75, 3.05) is 0 Å². The fourth-order valence-corrected chi connectivity index (χ4v) is 2.46. The number of rotatable bonds is 3. The third-order valence-corrected chi connectivity index (χ3v) is 3.62. The first kappa shape index (κ1) is 16.0. The molecule has 1 nitrogen and oxygen atoms in total. The van der Waals surface area contributed by atoms with Gasteiger partial charge < -0.3 is 5.73 Å². The Hall–Kier alpha value is -1.04. The van der Waals surface area contributed by atoms with Crippen LogP contribution in [0, 0.1) is 0 Å². The van der Waals surface area contributed by atoms with Crippen molar-refractivity contribution in [2.24, 2.45) is 5.73 Å². The highest BCUT2D eigenvalue weighted by atomic mass is 35.5. The summed E-state index contributed by atoms with van der Waals surface area (Å²) < 4.78 is 37.6. The van der Waals surface area contributed by atoms with Crippen molar-refractivity contribution in [3.63, 3.8) is 0 Å². The molecule has 1 unspecified atom stereocenters. The lowest BCUT2D eigenvalue weighted by atomic mass is 10.0. The molecule has 0 saturated heterocycles. The second-order valence-corrected chi connectivity index (χ2v) is 5.00. The van der Waals surface area contributed by atoms with E-state index in [1.54, 1.807) is 6.07 Å². The second kappa shape index (κ2) is 6.41. The van der Waals surface area contributed by atoms with Crippen molar-refractivity contribution >= 4 is 23.7 Å². The summed E-state index contributed by atoms with van der Waals surface area (Å²) in [5, 5.41) is 1.90. The molecule has 0 aliphatic heterocycles. The highest BCUT2D eigenvalue weighted by Crippen LogP contribution is 2.30. The van der Waals surface area contributed by atoms with Crippen LogP contribution in [0.25, 0.3) is 0 Å². The molecule has 6 heteroatoms. The van der Waals surface area contributed by atoms with Gasteiger partial charge in [-0.1, -0.05) is 24.3 Å². The van der Waals surface area contributed by atoms with Gasteiger partial charge in [0.05, 0.1) is 5.56 Å². The lowest BCUT2D eigenvalue weighted by molar-refractivity contribution is -0.137. The van der Waals surface area contributed by atoms with E-state index >= 15 is 0 Å². The molecule has 1 heterocycles. The minimum atomic E-state index is -4.30. The number of alkyl halides is 3. The number of halogens is 4. The molecule has 1 atom stereocenters. The van der Waals surface area contributed by atoms with Gasteiger partial charge in [-0.05, 0) is 29.5 Å². The summed E-state index contributed by atoms with van der Waals surface area (Å²) in [6.45, 7) is 0. The molecule has 2 rings (SSSR count). The first-order valence-electron chi connectivity index (χ1n) is 5.42. The van der Waals surface area contributed by atoms with Gasteiger partial charge in [-0.25, -0.2) is 0 Å². The van der Waals surface area contributed by atoms with Crippen molar-refractivity contribution in [1.82, 2.24) is 0 Å². The van der Waals surface area contributed by atoms with Gasteiger partial charge in [0.2, 0.25) is 0 Å². The van der Waals surface area contributed by atoms with Crippen LogP contribution in [0.2, 0.25) is 0 Å². The Morgan fingerprint density at radius 3 is 2.47 bits per heavy atom. The first-order valence-corrected chi connectivity index (χ1v) is 6.30. The van der Waals surface area contributed by atoms with Crippen molar-refractivity contribution in [3.05, 3.63) is 57.8 Å². The molecule has 19 heavy (non-hydrogen) atoms. The maximum atomic E-state index is 12.5. The molecule has 1 aromatic heterocycles. The van der Waals surface area contributed by atoms with E-state index < -0.39 is 11.7 Å². The molecule has 0 fully saturated rings. The van der Waals surface area contributed by atoms with Gasteiger partial charge in [0.15, 0.2) is 0 Å². The van der Waals surface area contributed by atoms with Crippen molar-refractivity contribution in [3.8, 4) is 0 Å². The van der Waals surface area contributed by atoms with E-state index in [-0.39, 0.29) is 18.4 Å². The molecular weight excluding hydrogens is 295 g/mol. The molecule has 0 amide bonds. The van der Waals surface area contributed by atoms with Crippen LogP contribution in [0.15, 0.2) is 41.8 Å². The van der Waals surface area contributed by atoms with E-state index in [9.17, 15) is 13.2 Å². The van der Waals surface area contributed by atoms with Crippen LogP contribution in [-0.2, 0) is 12.6 Å². The molecule has 104 valence electrons. The van der Waals surface area contributed by atoms with Gasteiger partial charge in [-0.3, -0.25) is 0 Å². The highest BCUT2D eigenvalue weighted by molar-refractivity contribution is 7.10. The number of hydrogen-bond donors (Lipinski definition) is 1. The lowest BCUT2D eigenvalue weighted by Gasteiger charge is -2.12. The van der Waals surface area contributed by atoms with Gasteiger partial charge in [-0.2, -0.15) is 13.2 Å². The standard InChI is InChI=1S/C13H12F3NS.ClH/c14-13(15,16)10-4-1-3-9(7-10)8-11(17)12-5-2-6-18-12;/h1-7,11H,8,17H2;1H. The Morgan fingerprint density at radius 2 is 1.89 bits per heavy atom. The SMILES string of the molecule is Cl.NC(Cc1cccc(C(F)(F)F)c1)c1cccs1. The largest absolute Gasteiger partial charge is 0.416 e. The highest BCUT2D eigenvalue weighted by Gasteiger charge is 2.30. The molecule has 2 aromatic rings. The first-order chi connectivity index (χ1) is 8.47. The van der Waals surface area contributed by atoms with E-state index in [1.165, 1.54) is 17.4 Å². The molecule has 0 radical (unpaired) electrons. The Bertz CT molecular complexity index is 511. The van der Waals surface area contributed by atoms with Crippen LogP contribution in [0.1, 0.15) is 22.0 Å². The van der Waals surface area contributed by atoms with Crippen LogP contribution in [0.3, 0.4) is 0 Å². The summed E-state index contributed by atoms with van der Waals surface area (Å²) in [6.07, 6.45) is -3.90. The smallest absolute Gasteiger partial charge is 0.323 e. The Morgan fingerprint density at radius 1 is 1.16 bits per heavy atom. The average Bonchev–Trinajstić information content (AvgIpc) is 2.81. The van der Waals surface area contributed by atoms with Gasteiger partial charge in [0.25, 0.3) is 0 Å². The van der Waals surface area contributed by atoms with Crippen molar-refractivity contribution in [2.45, 2.75) is 18.6 Å². The predicted octanol–water partition coefficient (Wildman–Crippen LogP) is 4.43. The molecular formula is C13H13ClF3NS. The lowest BCUT2D eigenvalue weighted by Crippen LogP contribution is -2.12. The summed E-state index contributed by atoms with van der Waals surface area (Å²) in [5.74, 6) is 0. The van der Waals surface area contributed by atoms with Gasteiger partial charge in [0.1, 0.15) is 0 Å². The van der Waals surface area contributed by atoms with Crippen LogP contribution in [0.5, 0.6) is 0 Å². The molecule has 0 aliphatic rings. The summed E-state index contributed by atoms with van der Waals surface area (Å²) in [5.41, 5.74) is 5.94. The Labute approximate surface area is 119 Å². The zero-order chi connectivity index (χ0) is 13.2. The van der Waals surface area contributed by atoms with E-state index in [1.807, 2.05) is 17.5 Å². The normalized spacial score (nSPS) is 12.8. The monoisotopic (exact) mass is 307 g/mol. The molecule has 0 spiro atoms. The van der Waals surface area contributed by atoms with Gasteiger partial charge in [0, 0.05) is 10.9 Å². The third-order valence-electron chi connectivity index (χ3n) is 2.62. The molecule has 0 aliphatic carbocycles. The Kier molecular flexibility index (Phi) is 5.40. The number of hydrogen-bond acceptors (Lipinski definition) is 2. The van der Waals surface area contributed by atoms with Crippen molar-refractivity contribution < 1.29 is 13.2 Å². The van der Waals surface area contributed by atoms with Crippen LogP contribution >= 0.6 is 23.7 Å². The Balaban J connectivity index is 0.00000180. The van der Waals surface area contributed by atoms with E-state index in [2.05, 4.69) is 0 Å². The van der Waals surface area contributed by atoms with Crippen LogP contribution < -0.4 is 5.73 Å². The molecule has 1 aromatic carbocycles. The zero-order valence-electron chi connectivity index (χ0n) is 9.85. The van der Waals surface area contributed by atoms with Gasteiger partial charge in [-0.15, -0.1) is 23.7 Å². The minimum absolute atomic E-state index is 0. The van der Waals surface area contributed by atoms with Crippen molar-refractivity contribution in [1.29, 1.82) is 0 Å². The zero-order valence-corrected chi connectivity index (χ0v) is 11.5. The fourth-order valence-electron chi connectivity index (χ4n) is 1.73. The third kappa shape index (κ3) is 4.23. The summed E-state index contributed by atoms with van der Waals surface area (Å²) in [7, 11) is 0. The number of benzene rings is 1.